The van der Waals surface area contributed by atoms with Gasteiger partial charge in [-0.3, -0.25) is 4.99 Å². The minimum absolute atomic E-state index is 0. The van der Waals surface area contributed by atoms with Gasteiger partial charge in [0.2, 0.25) is 0 Å². The molecule has 0 spiro atoms. The molecule has 0 aromatic heterocycles. The van der Waals surface area contributed by atoms with E-state index in [0.29, 0.717) is 0 Å². The highest BCUT2D eigenvalue weighted by molar-refractivity contribution is 14.0. The zero-order valence-electron chi connectivity index (χ0n) is 14.5. The first-order valence-corrected chi connectivity index (χ1v) is 8.54. The van der Waals surface area contributed by atoms with E-state index in [4.69, 9.17) is 0 Å². The van der Waals surface area contributed by atoms with Gasteiger partial charge in [0.1, 0.15) is 0 Å². The lowest BCUT2D eigenvalue weighted by molar-refractivity contribution is 0.0824. The third kappa shape index (κ3) is 10.6. The van der Waals surface area contributed by atoms with Crippen molar-refractivity contribution in [2.75, 3.05) is 39.3 Å². The van der Waals surface area contributed by atoms with Crippen LogP contribution >= 0.6 is 24.0 Å². The molecule has 0 amide bonds. The molecule has 1 heterocycles. The summed E-state index contributed by atoms with van der Waals surface area (Å²) in [6.07, 6.45) is 4.01. The fourth-order valence-corrected chi connectivity index (χ4v) is 2.45. The maximum absolute atomic E-state index is 9.49. The van der Waals surface area contributed by atoms with E-state index in [9.17, 15) is 5.11 Å². The van der Waals surface area contributed by atoms with Crippen molar-refractivity contribution in [2.24, 2.45) is 10.9 Å². The number of guanidine groups is 1. The molecule has 0 aromatic rings. The number of likely N-dealkylation sites (tertiary alicyclic amines) is 1. The molecule has 1 saturated heterocycles. The molecule has 1 fully saturated rings. The second-order valence-electron chi connectivity index (χ2n) is 6.30. The van der Waals surface area contributed by atoms with Gasteiger partial charge in [-0.1, -0.05) is 13.8 Å². The van der Waals surface area contributed by atoms with Gasteiger partial charge in [-0.25, -0.2) is 0 Å². The number of hydrogen-bond donors (Lipinski definition) is 3. The predicted molar refractivity (Wildman–Crippen MR) is 105 cm³/mol. The zero-order valence-corrected chi connectivity index (χ0v) is 16.8. The Morgan fingerprint density at radius 2 is 1.95 bits per heavy atom. The van der Waals surface area contributed by atoms with E-state index < -0.39 is 0 Å². The van der Waals surface area contributed by atoms with E-state index in [2.05, 4.69) is 41.3 Å². The molecule has 0 saturated carbocycles. The Labute approximate surface area is 153 Å². The monoisotopic (exact) mass is 426 g/mol. The van der Waals surface area contributed by atoms with Crippen molar-refractivity contribution in [3.63, 3.8) is 0 Å². The second kappa shape index (κ2) is 13.4. The summed E-state index contributed by atoms with van der Waals surface area (Å²) >= 11 is 0. The average molecular weight is 426 g/mol. The third-order valence-corrected chi connectivity index (χ3v) is 3.82. The number of aliphatic hydroxyl groups excluding tert-OH is 1. The average Bonchev–Trinajstić information content (AvgIpc) is 2.45. The lowest BCUT2D eigenvalue weighted by atomic mass is 10.1. The highest BCUT2D eigenvalue weighted by Crippen LogP contribution is 2.09. The summed E-state index contributed by atoms with van der Waals surface area (Å²) in [5.41, 5.74) is 0. The molecular formula is C16H35IN4O. The molecule has 22 heavy (non-hydrogen) atoms. The van der Waals surface area contributed by atoms with E-state index in [0.717, 1.165) is 70.4 Å². The summed E-state index contributed by atoms with van der Waals surface area (Å²) in [6.45, 7) is 12.4. The molecule has 1 aliphatic heterocycles. The Balaban J connectivity index is 0.00000441. The van der Waals surface area contributed by atoms with Crippen LogP contribution in [0.3, 0.4) is 0 Å². The number of aliphatic imine (C=N–C) groups is 1. The van der Waals surface area contributed by atoms with Gasteiger partial charge in [0, 0.05) is 32.7 Å². The zero-order chi connectivity index (χ0) is 15.5. The molecule has 0 aromatic carbocycles. The van der Waals surface area contributed by atoms with Crippen LogP contribution in [-0.4, -0.2) is 61.3 Å². The second-order valence-corrected chi connectivity index (χ2v) is 6.30. The Morgan fingerprint density at radius 3 is 2.55 bits per heavy atom. The Hall–Kier alpha value is -0.0800. The van der Waals surface area contributed by atoms with Gasteiger partial charge >= 0.3 is 0 Å². The van der Waals surface area contributed by atoms with Gasteiger partial charge in [0.05, 0.1) is 6.10 Å². The Bertz CT molecular complexity index is 292. The van der Waals surface area contributed by atoms with Crippen molar-refractivity contribution >= 4 is 29.9 Å². The maximum Gasteiger partial charge on any atom is 0.191 e. The van der Waals surface area contributed by atoms with Crippen LogP contribution in [0.1, 0.15) is 46.5 Å². The highest BCUT2D eigenvalue weighted by Gasteiger charge is 2.15. The molecule has 132 valence electrons. The molecular weight excluding hydrogens is 391 g/mol. The summed E-state index contributed by atoms with van der Waals surface area (Å²) < 4.78 is 0. The first-order chi connectivity index (χ1) is 10.1. The molecule has 0 unspecified atom stereocenters. The molecule has 1 rings (SSSR count). The van der Waals surface area contributed by atoms with E-state index in [1.807, 2.05) is 0 Å². The SMILES string of the molecule is CCNC(=NCCCN1CCC(O)CC1)NCCC(C)C.I. The standard InChI is InChI=1S/C16H34N4O.HI/c1-4-17-16(19-10-6-14(2)3)18-9-5-11-20-12-7-15(21)8-13-20;/h14-15,21H,4-13H2,1-3H3,(H2,17,18,19);1H. The van der Waals surface area contributed by atoms with Crippen molar-refractivity contribution < 1.29 is 5.11 Å². The molecule has 6 heteroatoms. The molecule has 0 radical (unpaired) electrons. The topological polar surface area (TPSA) is 59.9 Å². The number of hydrogen-bond acceptors (Lipinski definition) is 3. The fourth-order valence-electron chi connectivity index (χ4n) is 2.45. The van der Waals surface area contributed by atoms with Crippen LogP contribution in [0.2, 0.25) is 0 Å². The first-order valence-electron chi connectivity index (χ1n) is 8.54. The number of piperidine rings is 1. The van der Waals surface area contributed by atoms with E-state index in [1.54, 1.807) is 0 Å². The normalized spacial score (nSPS) is 17.4. The van der Waals surface area contributed by atoms with Gasteiger partial charge in [-0.05, 0) is 45.1 Å². The van der Waals surface area contributed by atoms with Crippen LogP contribution in [0.15, 0.2) is 4.99 Å². The van der Waals surface area contributed by atoms with Gasteiger partial charge in [-0.2, -0.15) is 0 Å². The predicted octanol–water partition coefficient (Wildman–Crippen LogP) is 2.05. The van der Waals surface area contributed by atoms with Crippen molar-refractivity contribution in [1.82, 2.24) is 15.5 Å². The number of halogens is 1. The third-order valence-electron chi connectivity index (χ3n) is 3.82. The minimum atomic E-state index is -0.0789. The van der Waals surface area contributed by atoms with E-state index in [1.165, 1.54) is 6.42 Å². The van der Waals surface area contributed by atoms with Crippen LogP contribution in [0.25, 0.3) is 0 Å². The van der Waals surface area contributed by atoms with Crippen LogP contribution in [0.5, 0.6) is 0 Å². The van der Waals surface area contributed by atoms with Gasteiger partial charge in [-0.15, -0.1) is 24.0 Å². The van der Waals surface area contributed by atoms with Crippen molar-refractivity contribution in [1.29, 1.82) is 0 Å². The number of nitrogens with one attached hydrogen (secondary N) is 2. The van der Waals surface area contributed by atoms with E-state index >= 15 is 0 Å². The molecule has 0 aliphatic carbocycles. The molecule has 5 nitrogen and oxygen atoms in total. The van der Waals surface area contributed by atoms with Crippen LogP contribution in [-0.2, 0) is 0 Å². The summed E-state index contributed by atoms with van der Waals surface area (Å²) in [7, 11) is 0. The first kappa shape index (κ1) is 21.9. The molecule has 3 N–H and O–H groups in total. The maximum atomic E-state index is 9.49. The number of aliphatic hydroxyl groups is 1. The summed E-state index contributed by atoms with van der Waals surface area (Å²) in [4.78, 5) is 7.06. The quantitative estimate of drug-likeness (QED) is 0.241. The summed E-state index contributed by atoms with van der Waals surface area (Å²) in [5, 5.41) is 16.2. The largest absolute Gasteiger partial charge is 0.393 e. The van der Waals surface area contributed by atoms with Crippen molar-refractivity contribution in [3.05, 3.63) is 0 Å². The lowest BCUT2D eigenvalue weighted by Gasteiger charge is -2.29. The van der Waals surface area contributed by atoms with Crippen molar-refractivity contribution in [2.45, 2.75) is 52.6 Å². The number of nitrogens with zero attached hydrogens (tertiary/aromatic N) is 2. The Morgan fingerprint density at radius 1 is 1.27 bits per heavy atom. The lowest BCUT2D eigenvalue weighted by Crippen LogP contribution is -2.38. The minimum Gasteiger partial charge on any atom is -0.393 e. The molecule has 0 atom stereocenters. The highest BCUT2D eigenvalue weighted by atomic mass is 127. The Kier molecular flexibility index (Phi) is 13.3. The van der Waals surface area contributed by atoms with Gasteiger partial charge < -0.3 is 20.6 Å². The van der Waals surface area contributed by atoms with E-state index in [-0.39, 0.29) is 30.1 Å². The smallest absolute Gasteiger partial charge is 0.191 e. The molecule has 1 aliphatic rings. The van der Waals surface area contributed by atoms with Crippen LogP contribution in [0, 0.1) is 5.92 Å². The number of rotatable bonds is 8. The van der Waals surface area contributed by atoms with Gasteiger partial charge in [0.15, 0.2) is 5.96 Å². The molecule has 0 bridgehead atoms. The van der Waals surface area contributed by atoms with Gasteiger partial charge in [0.25, 0.3) is 0 Å². The van der Waals surface area contributed by atoms with Crippen LogP contribution in [0.4, 0.5) is 0 Å². The fraction of sp³-hybridized carbons (Fsp3) is 0.938. The van der Waals surface area contributed by atoms with Crippen molar-refractivity contribution in [3.8, 4) is 0 Å². The summed E-state index contributed by atoms with van der Waals surface area (Å²) in [6, 6.07) is 0. The summed E-state index contributed by atoms with van der Waals surface area (Å²) in [5.74, 6) is 1.65. The van der Waals surface area contributed by atoms with Crippen LogP contribution < -0.4 is 10.6 Å².